The predicted molar refractivity (Wildman–Crippen MR) is 69.8 cm³/mol. The molecule has 1 aromatic rings. The molecule has 1 atom stereocenters. The third-order valence-corrected chi connectivity index (χ3v) is 3.47. The molecule has 1 aromatic carbocycles. The summed E-state index contributed by atoms with van der Waals surface area (Å²) in [6, 6.07) is 7.44. The lowest BCUT2D eigenvalue weighted by Gasteiger charge is -2.28. The number of benzene rings is 1. The zero-order valence-corrected chi connectivity index (χ0v) is 10.7. The highest BCUT2D eigenvalue weighted by Gasteiger charge is 2.14. The first-order chi connectivity index (χ1) is 8.27. The Hall–Kier alpha value is -0.610. The van der Waals surface area contributed by atoms with Crippen LogP contribution in [0.25, 0.3) is 0 Å². The molecule has 0 radical (unpaired) electrons. The highest BCUT2D eigenvalue weighted by atomic mass is 35.5. The fourth-order valence-electron chi connectivity index (χ4n) is 2.12. The van der Waals surface area contributed by atoms with E-state index in [9.17, 15) is 5.11 Å². The maximum Gasteiger partial charge on any atom is 0.0942 e. The number of hydrogen-bond donors (Lipinski definition) is 2. The Labute approximate surface area is 107 Å². The summed E-state index contributed by atoms with van der Waals surface area (Å²) in [5.41, 5.74) is 4.06. The Bertz CT molecular complexity index is 353. The van der Waals surface area contributed by atoms with E-state index in [4.69, 9.17) is 11.6 Å². The molecule has 3 nitrogen and oxygen atoms in total. The number of rotatable bonds is 4. The molecule has 1 saturated heterocycles. The summed E-state index contributed by atoms with van der Waals surface area (Å²) in [4.78, 5) is 0. The first kappa shape index (κ1) is 12.8. The van der Waals surface area contributed by atoms with Crippen LogP contribution in [0, 0.1) is 0 Å². The molecule has 2 rings (SSSR count). The molecule has 0 saturated carbocycles. The Kier molecular flexibility index (Phi) is 4.80. The SMILES string of the molecule is OC(CNN1CCCCC1)c1ccccc1Cl. The van der Waals surface area contributed by atoms with Crippen molar-refractivity contribution in [3.8, 4) is 0 Å². The van der Waals surface area contributed by atoms with E-state index in [-0.39, 0.29) is 0 Å². The van der Waals surface area contributed by atoms with Gasteiger partial charge >= 0.3 is 0 Å². The van der Waals surface area contributed by atoms with Crippen molar-refractivity contribution in [2.24, 2.45) is 0 Å². The van der Waals surface area contributed by atoms with Crippen LogP contribution in [0.1, 0.15) is 30.9 Å². The first-order valence-corrected chi connectivity index (χ1v) is 6.56. The van der Waals surface area contributed by atoms with Gasteiger partial charge in [0.25, 0.3) is 0 Å². The number of piperidine rings is 1. The smallest absolute Gasteiger partial charge is 0.0942 e. The van der Waals surface area contributed by atoms with E-state index in [1.165, 1.54) is 19.3 Å². The van der Waals surface area contributed by atoms with Crippen LogP contribution < -0.4 is 5.43 Å². The summed E-state index contributed by atoms with van der Waals surface area (Å²) in [7, 11) is 0. The standard InChI is InChI=1S/C13H19ClN2O/c14-12-7-3-2-6-11(12)13(17)10-15-16-8-4-1-5-9-16/h2-3,6-7,13,15,17H,1,4-5,8-10H2. The predicted octanol–water partition coefficient (Wildman–Crippen LogP) is 2.36. The molecule has 1 aliphatic rings. The normalized spacial score (nSPS) is 19.2. The van der Waals surface area contributed by atoms with Gasteiger partial charge in [0.2, 0.25) is 0 Å². The van der Waals surface area contributed by atoms with Gasteiger partial charge in [-0.3, -0.25) is 5.43 Å². The van der Waals surface area contributed by atoms with Crippen molar-refractivity contribution in [2.75, 3.05) is 19.6 Å². The van der Waals surface area contributed by atoms with Crippen molar-refractivity contribution in [1.29, 1.82) is 0 Å². The summed E-state index contributed by atoms with van der Waals surface area (Å²) in [5.74, 6) is 0. The highest BCUT2D eigenvalue weighted by Crippen LogP contribution is 2.22. The molecule has 1 heterocycles. The van der Waals surface area contributed by atoms with Gasteiger partial charge < -0.3 is 5.11 Å². The van der Waals surface area contributed by atoms with E-state index in [2.05, 4.69) is 10.4 Å². The second-order valence-electron chi connectivity index (χ2n) is 4.45. The zero-order valence-electron chi connectivity index (χ0n) is 9.90. The van der Waals surface area contributed by atoms with Crippen LogP contribution >= 0.6 is 11.6 Å². The summed E-state index contributed by atoms with van der Waals surface area (Å²) < 4.78 is 0. The minimum Gasteiger partial charge on any atom is -0.387 e. The van der Waals surface area contributed by atoms with Gasteiger partial charge in [-0.25, -0.2) is 5.01 Å². The molecule has 0 spiro atoms. The van der Waals surface area contributed by atoms with E-state index < -0.39 is 6.10 Å². The van der Waals surface area contributed by atoms with Crippen LogP contribution in [0.3, 0.4) is 0 Å². The van der Waals surface area contributed by atoms with Gasteiger partial charge in [0, 0.05) is 30.2 Å². The quantitative estimate of drug-likeness (QED) is 0.866. The third kappa shape index (κ3) is 3.68. The molecular formula is C13H19ClN2O. The first-order valence-electron chi connectivity index (χ1n) is 6.18. The van der Waals surface area contributed by atoms with Gasteiger partial charge in [0.05, 0.1) is 6.10 Å². The van der Waals surface area contributed by atoms with E-state index in [0.29, 0.717) is 11.6 Å². The molecule has 0 aromatic heterocycles. The van der Waals surface area contributed by atoms with E-state index in [1.54, 1.807) is 6.07 Å². The third-order valence-electron chi connectivity index (χ3n) is 3.13. The summed E-state index contributed by atoms with van der Waals surface area (Å²) in [6.45, 7) is 2.65. The fourth-order valence-corrected chi connectivity index (χ4v) is 2.38. The maximum absolute atomic E-state index is 10.1. The van der Waals surface area contributed by atoms with Crippen LogP contribution in [0.15, 0.2) is 24.3 Å². The lowest BCUT2D eigenvalue weighted by Crippen LogP contribution is -2.43. The van der Waals surface area contributed by atoms with Gasteiger partial charge in [-0.2, -0.15) is 0 Å². The number of nitrogens with one attached hydrogen (secondary N) is 1. The van der Waals surface area contributed by atoms with Gasteiger partial charge in [-0.1, -0.05) is 36.2 Å². The van der Waals surface area contributed by atoms with E-state index >= 15 is 0 Å². The average molecular weight is 255 g/mol. The zero-order chi connectivity index (χ0) is 12.1. The molecule has 17 heavy (non-hydrogen) atoms. The Morgan fingerprint density at radius 2 is 1.94 bits per heavy atom. The van der Waals surface area contributed by atoms with Crippen LogP contribution in [0.2, 0.25) is 5.02 Å². The Morgan fingerprint density at radius 3 is 2.65 bits per heavy atom. The second kappa shape index (κ2) is 6.36. The fraction of sp³-hybridized carbons (Fsp3) is 0.538. The molecule has 1 fully saturated rings. The largest absolute Gasteiger partial charge is 0.387 e. The van der Waals surface area contributed by atoms with Crippen molar-refractivity contribution < 1.29 is 5.11 Å². The molecule has 1 aliphatic heterocycles. The van der Waals surface area contributed by atoms with Crippen LogP contribution in [-0.2, 0) is 0 Å². The summed E-state index contributed by atoms with van der Waals surface area (Å²) in [5, 5.41) is 12.9. The summed E-state index contributed by atoms with van der Waals surface area (Å²) in [6.07, 6.45) is 3.22. The topological polar surface area (TPSA) is 35.5 Å². The number of aliphatic hydroxyl groups is 1. The van der Waals surface area contributed by atoms with Crippen molar-refractivity contribution in [2.45, 2.75) is 25.4 Å². The van der Waals surface area contributed by atoms with Crippen molar-refractivity contribution in [3.63, 3.8) is 0 Å². The molecule has 94 valence electrons. The molecule has 2 N–H and O–H groups in total. The lowest BCUT2D eigenvalue weighted by atomic mass is 10.1. The number of hydrogen-bond acceptors (Lipinski definition) is 3. The number of hydrazine groups is 1. The maximum atomic E-state index is 10.1. The number of nitrogens with zero attached hydrogens (tertiary/aromatic N) is 1. The minimum atomic E-state index is -0.550. The van der Waals surface area contributed by atoms with Crippen molar-refractivity contribution >= 4 is 11.6 Å². The molecule has 0 amide bonds. The molecule has 4 heteroatoms. The monoisotopic (exact) mass is 254 g/mol. The molecule has 0 aliphatic carbocycles. The van der Waals surface area contributed by atoms with Gasteiger partial charge in [-0.05, 0) is 18.9 Å². The number of aliphatic hydroxyl groups excluding tert-OH is 1. The Morgan fingerprint density at radius 1 is 1.24 bits per heavy atom. The van der Waals surface area contributed by atoms with Crippen LogP contribution in [-0.4, -0.2) is 29.7 Å². The van der Waals surface area contributed by atoms with Gasteiger partial charge in [-0.15, -0.1) is 0 Å². The van der Waals surface area contributed by atoms with Gasteiger partial charge in [0.15, 0.2) is 0 Å². The van der Waals surface area contributed by atoms with Gasteiger partial charge in [0.1, 0.15) is 0 Å². The molecule has 1 unspecified atom stereocenters. The Balaban J connectivity index is 1.84. The van der Waals surface area contributed by atoms with E-state index in [0.717, 1.165) is 18.7 Å². The lowest BCUT2D eigenvalue weighted by molar-refractivity contribution is 0.0997. The highest BCUT2D eigenvalue weighted by molar-refractivity contribution is 6.31. The summed E-state index contributed by atoms with van der Waals surface area (Å²) >= 11 is 6.04. The molecule has 0 bridgehead atoms. The van der Waals surface area contributed by atoms with Crippen LogP contribution in [0.4, 0.5) is 0 Å². The van der Waals surface area contributed by atoms with Crippen molar-refractivity contribution in [3.05, 3.63) is 34.9 Å². The molecular weight excluding hydrogens is 236 g/mol. The number of halogens is 1. The van der Waals surface area contributed by atoms with Crippen molar-refractivity contribution in [1.82, 2.24) is 10.4 Å². The van der Waals surface area contributed by atoms with E-state index in [1.807, 2.05) is 18.2 Å². The second-order valence-corrected chi connectivity index (χ2v) is 4.85. The average Bonchev–Trinajstić information content (AvgIpc) is 2.38. The minimum absolute atomic E-state index is 0.518. The van der Waals surface area contributed by atoms with Crippen LogP contribution in [0.5, 0.6) is 0 Å².